The van der Waals surface area contributed by atoms with E-state index in [4.69, 9.17) is 14.5 Å². The summed E-state index contributed by atoms with van der Waals surface area (Å²) >= 11 is 0. The van der Waals surface area contributed by atoms with Crippen LogP contribution in [0.15, 0.2) is 30.3 Å². The number of hydrogen-bond acceptors (Lipinski definition) is 5. The van der Waals surface area contributed by atoms with Crippen LogP contribution in [0, 0.1) is 0 Å². The first-order valence-electron chi connectivity index (χ1n) is 17.6. The maximum Gasteiger partial charge on any atom is 0.469 e. The number of carbonyl (C=O) groups excluding carboxylic acids is 1. The number of benzene rings is 1. The number of phosphoric acid groups is 1. The number of likely N-dealkylation sites (N-methyl/N-ethyl adjacent to an activating group) is 1. The third kappa shape index (κ3) is 32.3. The largest absolute Gasteiger partial charge is 0.469 e. The molecule has 0 aliphatic carbocycles. The lowest BCUT2D eigenvalue weighted by atomic mass is 10.0. The lowest BCUT2D eigenvalue weighted by molar-refractivity contribution is -0.870. The molecule has 0 saturated carbocycles. The van der Waals surface area contributed by atoms with Crippen LogP contribution in [0.2, 0.25) is 0 Å². The van der Waals surface area contributed by atoms with Gasteiger partial charge in [0.1, 0.15) is 19.8 Å². The standard InChI is InChI=1S/C30H53NO3.C5H14NO4P/c1-2-3-4-5-6-7-8-9-10-11-12-13-14-15-16-17-18-22-25-31(26-27-32)30(33)34-28-29-23-20-19-21-24-29;1-6(2,3)4-5-10-11(7,8)9/h19-21,23-24,32H,2-18,22,25-28H2,1H3;4-5H2,1-3H3,(H-,7,8,9)/p+1. The molecular formula is C35H68N2O7P+. The van der Waals surface area contributed by atoms with Gasteiger partial charge >= 0.3 is 13.9 Å². The van der Waals surface area contributed by atoms with Crippen molar-refractivity contribution in [2.45, 2.75) is 129 Å². The molecule has 0 saturated heterocycles. The number of nitrogens with zero attached hydrogens (tertiary/aromatic N) is 2. The van der Waals surface area contributed by atoms with Gasteiger partial charge in [0.2, 0.25) is 0 Å². The molecule has 0 spiro atoms. The van der Waals surface area contributed by atoms with Crippen molar-refractivity contribution in [2.24, 2.45) is 0 Å². The number of unbranched alkanes of at least 4 members (excludes halogenated alkanes) is 17. The van der Waals surface area contributed by atoms with Gasteiger partial charge in [-0.2, -0.15) is 0 Å². The molecule has 0 fully saturated rings. The second kappa shape index (κ2) is 28.7. The van der Waals surface area contributed by atoms with Crippen LogP contribution >= 0.6 is 7.82 Å². The van der Waals surface area contributed by atoms with Crippen LogP contribution in [0.4, 0.5) is 4.79 Å². The van der Waals surface area contributed by atoms with Gasteiger partial charge in [-0.3, -0.25) is 4.52 Å². The van der Waals surface area contributed by atoms with Crippen LogP contribution < -0.4 is 0 Å². The minimum atomic E-state index is -4.26. The molecule has 1 aromatic carbocycles. The summed E-state index contributed by atoms with van der Waals surface area (Å²) in [6.45, 7) is 4.18. The Balaban J connectivity index is 0.00000149. The van der Waals surface area contributed by atoms with Gasteiger partial charge in [0.15, 0.2) is 0 Å². The Kier molecular flexibility index (Phi) is 27.8. The van der Waals surface area contributed by atoms with Gasteiger partial charge in [0.05, 0.1) is 27.7 Å². The van der Waals surface area contributed by atoms with Crippen LogP contribution in [0.25, 0.3) is 0 Å². The first kappa shape index (κ1) is 43.5. The zero-order chi connectivity index (χ0) is 33.7. The fourth-order valence-electron chi connectivity index (χ4n) is 4.86. The number of carbonyl (C=O) groups is 1. The summed E-state index contributed by atoms with van der Waals surface area (Å²) in [5.41, 5.74) is 0.980. The van der Waals surface area contributed by atoms with E-state index in [9.17, 15) is 14.5 Å². The van der Waals surface area contributed by atoms with Gasteiger partial charge in [0, 0.05) is 13.1 Å². The highest BCUT2D eigenvalue weighted by Gasteiger charge is 2.16. The molecule has 0 aliphatic rings. The van der Waals surface area contributed by atoms with Crippen molar-refractivity contribution in [2.75, 3.05) is 54.0 Å². The molecule has 0 unspecified atom stereocenters. The monoisotopic (exact) mass is 659 g/mol. The van der Waals surface area contributed by atoms with Crippen molar-refractivity contribution in [3.63, 3.8) is 0 Å². The Morgan fingerprint density at radius 1 is 0.733 bits per heavy atom. The van der Waals surface area contributed by atoms with Crippen molar-refractivity contribution >= 4 is 13.9 Å². The minimum Gasteiger partial charge on any atom is -0.445 e. The average Bonchev–Trinajstić information content (AvgIpc) is 2.98. The molecule has 10 heteroatoms. The van der Waals surface area contributed by atoms with Crippen molar-refractivity contribution in [3.05, 3.63) is 35.9 Å². The van der Waals surface area contributed by atoms with Gasteiger partial charge < -0.3 is 29.0 Å². The summed E-state index contributed by atoms with van der Waals surface area (Å²) in [5.74, 6) is 0. The number of quaternary nitrogens is 1. The second-order valence-electron chi connectivity index (χ2n) is 13.1. The Bertz CT molecular complexity index is 846. The van der Waals surface area contributed by atoms with Crippen LogP contribution in [0.3, 0.4) is 0 Å². The number of aliphatic hydroxyl groups excluding tert-OH is 1. The van der Waals surface area contributed by atoms with Crippen molar-refractivity contribution in [3.8, 4) is 0 Å². The molecule has 0 radical (unpaired) electrons. The van der Waals surface area contributed by atoms with Crippen molar-refractivity contribution in [1.82, 2.24) is 4.90 Å². The maximum atomic E-state index is 12.3. The van der Waals surface area contributed by atoms with Crippen LogP contribution in [-0.2, 0) is 20.4 Å². The molecule has 1 aromatic rings. The predicted molar refractivity (Wildman–Crippen MR) is 185 cm³/mol. The number of rotatable bonds is 27. The highest BCUT2D eigenvalue weighted by Crippen LogP contribution is 2.35. The maximum absolute atomic E-state index is 12.3. The lowest BCUT2D eigenvalue weighted by Crippen LogP contribution is -2.37. The van der Waals surface area contributed by atoms with E-state index in [1.54, 1.807) is 4.90 Å². The Morgan fingerprint density at radius 2 is 1.18 bits per heavy atom. The molecule has 0 aliphatic heterocycles. The molecule has 0 aromatic heterocycles. The first-order valence-corrected chi connectivity index (χ1v) is 19.1. The lowest BCUT2D eigenvalue weighted by Gasteiger charge is -2.23. The van der Waals surface area contributed by atoms with Gasteiger partial charge in [-0.1, -0.05) is 146 Å². The van der Waals surface area contributed by atoms with Crippen molar-refractivity contribution < 1.29 is 38.0 Å². The topological polar surface area (TPSA) is 117 Å². The molecule has 0 bridgehead atoms. The SMILES string of the molecule is CCCCCCCCCCCCCCCCCCCCN(CCO)C(=O)OCc1ccccc1.C[N+](C)(C)CCOP(=O)(O)O. The van der Waals surface area contributed by atoms with E-state index in [-0.39, 0.29) is 25.9 Å². The second-order valence-corrected chi connectivity index (χ2v) is 14.3. The number of amides is 1. The molecule has 0 heterocycles. The minimum absolute atomic E-state index is 0.0283. The van der Waals surface area contributed by atoms with Crippen molar-refractivity contribution in [1.29, 1.82) is 0 Å². The van der Waals surface area contributed by atoms with Crippen LogP contribution in [0.5, 0.6) is 0 Å². The summed E-state index contributed by atoms with van der Waals surface area (Å²) in [4.78, 5) is 30.5. The Morgan fingerprint density at radius 3 is 1.58 bits per heavy atom. The average molecular weight is 660 g/mol. The van der Waals surface area contributed by atoms with E-state index in [2.05, 4.69) is 11.4 Å². The summed E-state index contributed by atoms with van der Waals surface area (Å²) in [6.07, 6.45) is 24.0. The normalized spacial score (nSPS) is 11.6. The number of aliphatic hydroxyl groups is 1. The van der Waals surface area contributed by atoms with E-state index in [1.807, 2.05) is 51.5 Å². The Labute approximate surface area is 275 Å². The van der Waals surface area contributed by atoms with Gasteiger partial charge in [0.25, 0.3) is 0 Å². The molecule has 45 heavy (non-hydrogen) atoms. The van der Waals surface area contributed by atoms with Crippen LogP contribution in [-0.4, -0.2) is 84.4 Å². The molecular weight excluding hydrogens is 591 g/mol. The van der Waals surface area contributed by atoms with E-state index < -0.39 is 7.82 Å². The quantitative estimate of drug-likeness (QED) is 0.0493. The molecule has 1 amide bonds. The Hall–Kier alpha value is -1.48. The fourth-order valence-corrected chi connectivity index (χ4v) is 5.18. The highest BCUT2D eigenvalue weighted by atomic mass is 31.2. The molecule has 3 N–H and O–H groups in total. The predicted octanol–water partition coefficient (Wildman–Crippen LogP) is 8.46. The van der Waals surface area contributed by atoms with Gasteiger partial charge in [-0.25, -0.2) is 9.36 Å². The van der Waals surface area contributed by atoms with E-state index in [0.717, 1.165) is 18.4 Å². The molecule has 1 rings (SSSR count). The summed E-state index contributed by atoms with van der Waals surface area (Å²) < 4.78 is 20.5. The van der Waals surface area contributed by atoms with E-state index >= 15 is 0 Å². The van der Waals surface area contributed by atoms with Crippen LogP contribution in [0.1, 0.15) is 128 Å². The number of ether oxygens (including phenoxy) is 1. The van der Waals surface area contributed by atoms with E-state index in [1.165, 1.54) is 103 Å². The molecule has 9 nitrogen and oxygen atoms in total. The first-order chi connectivity index (χ1) is 21.5. The third-order valence-electron chi connectivity index (χ3n) is 7.64. The summed E-state index contributed by atoms with van der Waals surface area (Å²) in [5, 5.41) is 9.27. The zero-order valence-electron chi connectivity index (χ0n) is 29.2. The zero-order valence-corrected chi connectivity index (χ0v) is 30.1. The summed E-state index contributed by atoms with van der Waals surface area (Å²) in [7, 11) is 1.50. The molecule has 0 atom stereocenters. The third-order valence-corrected chi connectivity index (χ3v) is 8.16. The van der Waals surface area contributed by atoms with E-state index in [0.29, 0.717) is 24.1 Å². The number of phosphoric ester groups is 1. The highest BCUT2D eigenvalue weighted by molar-refractivity contribution is 7.46. The number of hydrogen-bond donors (Lipinski definition) is 3. The van der Waals surface area contributed by atoms with Gasteiger partial charge in [-0.15, -0.1) is 0 Å². The van der Waals surface area contributed by atoms with Gasteiger partial charge in [-0.05, 0) is 12.0 Å². The fraction of sp³-hybridized carbons (Fsp3) is 0.800. The molecule has 264 valence electrons. The smallest absolute Gasteiger partial charge is 0.445 e. The summed E-state index contributed by atoms with van der Waals surface area (Å²) in [6, 6.07) is 9.71.